The Labute approximate surface area is 134 Å². The molecule has 0 saturated heterocycles. The fourth-order valence-corrected chi connectivity index (χ4v) is 2.92. The first-order chi connectivity index (χ1) is 9.56. The lowest BCUT2D eigenvalue weighted by molar-refractivity contribution is -0.117. The van der Waals surface area contributed by atoms with E-state index in [-0.39, 0.29) is 5.91 Å². The van der Waals surface area contributed by atoms with Gasteiger partial charge in [-0.1, -0.05) is 46.3 Å². The molecule has 0 aliphatic heterocycles. The molecule has 0 aliphatic carbocycles. The third-order valence-corrected chi connectivity index (χ3v) is 3.97. The van der Waals surface area contributed by atoms with E-state index in [1.54, 1.807) is 0 Å². The zero-order valence-corrected chi connectivity index (χ0v) is 13.8. The van der Waals surface area contributed by atoms with Gasteiger partial charge in [-0.15, -0.1) is 0 Å². The van der Waals surface area contributed by atoms with Crippen LogP contribution in [0.5, 0.6) is 0 Å². The average molecular weight is 398 g/mol. The molecule has 1 amide bonds. The largest absolute Gasteiger partial charge is 0.324 e. The normalized spacial score (nSPS) is 11.9. The van der Waals surface area contributed by atoms with Crippen LogP contribution in [0.25, 0.3) is 0 Å². The molecule has 0 spiro atoms. The van der Waals surface area contributed by atoms with Gasteiger partial charge in [-0.05, 0) is 46.1 Å². The number of benzene rings is 2. The number of nitrogens with one attached hydrogen (secondary N) is 1. The van der Waals surface area contributed by atoms with Crippen molar-refractivity contribution >= 4 is 43.5 Å². The van der Waals surface area contributed by atoms with Crippen LogP contribution < -0.4 is 11.1 Å². The fourth-order valence-electron chi connectivity index (χ4n) is 1.78. The molecule has 1 atom stereocenters. The summed E-state index contributed by atoms with van der Waals surface area (Å²) in [5.74, 6) is -0.197. The Morgan fingerprint density at radius 1 is 1.15 bits per heavy atom. The minimum atomic E-state index is -0.576. The third kappa shape index (κ3) is 4.16. The minimum absolute atomic E-state index is 0.197. The highest BCUT2D eigenvalue weighted by atomic mass is 79.9. The maximum atomic E-state index is 12.1. The number of carbonyl (C=O) groups excluding carboxylic acids is 1. The molecule has 0 aliphatic rings. The molecule has 0 radical (unpaired) electrons. The highest BCUT2D eigenvalue weighted by Crippen LogP contribution is 2.26. The van der Waals surface area contributed by atoms with E-state index >= 15 is 0 Å². The molecule has 2 rings (SSSR count). The SMILES string of the molecule is N[C@@H](Cc1ccccc1)C(=O)Nc1ccc(Br)cc1Br. The summed E-state index contributed by atoms with van der Waals surface area (Å²) in [6.45, 7) is 0. The number of halogens is 2. The standard InChI is InChI=1S/C15H14Br2N2O/c16-11-6-7-14(12(17)9-11)19-15(20)13(18)8-10-4-2-1-3-5-10/h1-7,9,13H,8,18H2,(H,19,20)/t13-/m0/s1. The van der Waals surface area contributed by atoms with Crippen molar-refractivity contribution in [2.24, 2.45) is 5.73 Å². The van der Waals surface area contributed by atoms with Crippen molar-refractivity contribution in [1.29, 1.82) is 0 Å². The van der Waals surface area contributed by atoms with Gasteiger partial charge in [-0.2, -0.15) is 0 Å². The molecular weight excluding hydrogens is 384 g/mol. The molecule has 0 unspecified atom stereocenters. The fraction of sp³-hybridized carbons (Fsp3) is 0.133. The minimum Gasteiger partial charge on any atom is -0.324 e. The van der Waals surface area contributed by atoms with Gasteiger partial charge in [-0.25, -0.2) is 0 Å². The number of hydrogen-bond donors (Lipinski definition) is 2. The van der Waals surface area contributed by atoms with Gasteiger partial charge in [0.25, 0.3) is 0 Å². The molecule has 0 heterocycles. The monoisotopic (exact) mass is 396 g/mol. The summed E-state index contributed by atoms with van der Waals surface area (Å²) in [6, 6.07) is 14.7. The Morgan fingerprint density at radius 2 is 1.85 bits per heavy atom. The van der Waals surface area contributed by atoms with Gasteiger partial charge in [0.15, 0.2) is 0 Å². The van der Waals surface area contributed by atoms with Crippen molar-refractivity contribution < 1.29 is 4.79 Å². The first-order valence-corrected chi connectivity index (χ1v) is 7.70. The topological polar surface area (TPSA) is 55.1 Å². The van der Waals surface area contributed by atoms with Crippen LogP contribution in [-0.2, 0) is 11.2 Å². The summed E-state index contributed by atoms with van der Waals surface area (Å²) < 4.78 is 1.75. The molecule has 0 saturated carbocycles. The number of carbonyl (C=O) groups is 1. The number of amides is 1. The number of anilines is 1. The van der Waals surface area contributed by atoms with Crippen molar-refractivity contribution in [3.63, 3.8) is 0 Å². The van der Waals surface area contributed by atoms with Crippen molar-refractivity contribution in [2.45, 2.75) is 12.5 Å². The first kappa shape index (κ1) is 15.2. The van der Waals surface area contributed by atoms with Crippen LogP contribution in [0.15, 0.2) is 57.5 Å². The van der Waals surface area contributed by atoms with Gasteiger partial charge >= 0.3 is 0 Å². The van der Waals surface area contributed by atoms with Crippen LogP contribution in [0.4, 0.5) is 5.69 Å². The summed E-state index contributed by atoms with van der Waals surface area (Å²) in [5.41, 5.74) is 7.70. The molecule has 3 N–H and O–H groups in total. The van der Waals surface area contributed by atoms with Crippen molar-refractivity contribution in [3.8, 4) is 0 Å². The van der Waals surface area contributed by atoms with Crippen LogP contribution >= 0.6 is 31.9 Å². The summed E-state index contributed by atoms with van der Waals surface area (Å²) >= 11 is 6.77. The molecule has 2 aromatic carbocycles. The summed E-state index contributed by atoms with van der Waals surface area (Å²) in [7, 11) is 0. The van der Waals surface area contributed by atoms with E-state index in [0.717, 1.165) is 14.5 Å². The second kappa shape index (κ2) is 7.02. The summed E-state index contributed by atoms with van der Waals surface area (Å²) in [5, 5.41) is 2.83. The summed E-state index contributed by atoms with van der Waals surface area (Å²) in [6.07, 6.45) is 0.515. The molecule has 3 nitrogen and oxygen atoms in total. The van der Waals surface area contributed by atoms with Crippen molar-refractivity contribution in [3.05, 3.63) is 63.0 Å². The van der Waals surface area contributed by atoms with Crippen LogP contribution in [-0.4, -0.2) is 11.9 Å². The Bertz CT molecular complexity index is 602. The number of rotatable bonds is 4. The highest BCUT2D eigenvalue weighted by Gasteiger charge is 2.15. The molecular formula is C15H14Br2N2O. The van der Waals surface area contributed by atoms with E-state index in [1.165, 1.54) is 0 Å². The first-order valence-electron chi connectivity index (χ1n) is 6.11. The molecule has 104 valence electrons. The Hall–Kier alpha value is -1.17. The van der Waals surface area contributed by atoms with E-state index in [4.69, 9.17) is 5.73 Å². The Kier molecular flexibility index (Phi) is 5.34. The van der Waals surface area contributed by atoms with E-state index in [1.807, 2.05) is 48.5 Å². The van der Waals surface area contributed by atoms with Gasteiger partial charge in [0.1, 0.15) is 0 Å². The van der Waals surface area contributed by atoms with Gasteiger partial charge < -0.3 is 11.1 Å². The Balaban J connectivity index is 2.01. The van der Waals surface area contributed by atoms with Gasteiger partial charge in [-0.3, -0.25) is 4.79 Å². The second-order valence-corrected chi connectivity index (χ2v) is 6.18. The van der Waals surface area contributed by atoms with Crippen molar-refractivity contribution in [2.75, 3.05) is 5.32 Å². The zero-order chi connectivity index (χ0) is 14.5. The Morgan fingerprint density at radius 3 is 2.50 bits per heavy atom. The number of nitrogens with two attached hydrogens (primary N) is 1. The van der Waals surface area contributed by atoms with Crippen LogP contribution in [0.2, 0.25) is 0 Å². The highest BCUT2D eigenvalue weighted by molar-refractivity contribution is 9.11. The predicted molar refractivity (Wildman–Crippen MR) is 88.6 cm³/mol. The van der Waals surface area contributed by atoms with Crippen molar-refractivity contribution in [1.82, 2.24) is 0 Å². The lowest BCUT2D eigenvalue weighted by atomic mass is 10.1. The van der Waals surface area contributed by atoms with Crippen LogP contribution in [0.1, 0.15) is 5.56 Å². The lowest BCUT2D eigenvalue weighted by Gasteiger charge is -2.13. The quantitative estimate of drug-likeness (QED) is 0.825. The third-order valence-electron chi connectivity index (χ3n) is 2.82. The van der Waals surface area contributed by atoms with Gasteiger partial charge in [0.05, 0.1) is 11.7 Å². The van der Waals surface area contributed by atoms with E-state index < -0.39 is 6.04 Å². The van der Waals surface area contributed by atoms with Crippen LogP contribution in [0, 0.1) is 0 Å². The van der Waals surface area contributed by atoms with E-state index in [0.29, 0.717) is 12.1 Å². The predicted octanol–water partition coefficient (Wildman–Crippen LogP) is 3.72. The lowest BCUT2D eigenvalue weighted by Crippen LogP contribution is -2.37. The molecule has 0 fully saturated rings. The second-order valence-electron chi connectivity index (χ2n) is 4.41. The average Bonchev–Trinajstić information content (AvgIpc) is 2.43. The van der Waals surface area contributed by atoms with E-state index in [9.17, 15) is 4.79 Å². The molecule has 5 heteroatoms. The summed E-state index contributed by atoms with van der Waals surface area (Å²) in [4.78, 5) is 12.1. The van der Waals surface area contributed by atoms with E-state index in [2.05, 4.69) is 37.2 Å². The number of hydrogen-bond acceptors (Lipinski definition) is 2. The maximum Gasteiger partial charge on any atom is 0.241 e. The zero-order valence-electron chi connectivity index (χ0n) is 10.6. The molecule has 2 aromatic rings. The molecule has 20 heavy (non-hydrogen) atoms. The van der Waals surface area contributed by atoms with Crippen LogP contribution in [0.3, 0.4) is 0 Å². The smallest absolute Gasteiger partial charge is 0.241 e. The van der Waals surface area contributed by atoms with Gasteiger partial charge in [0, 0.05) is 8.95 Å². The van der Waals surface area contributed by atoms with Gasteiger partial charge in [0.2, 0.25) is 5.91 Å². The maximum absolute atomic E-state index is 12.1. The molecule has 0 aromatic heterocycles. The molecule has 0 bridgehead atoms.